The molecule has 7 atom stereocenters. The van der Waals surface area contributed by atoms with E-state index in [2.05, 4.69) is 19.9 Å². The van der Waals surface area contributed by atoms with Gasteiger partial charge in [-0.2, -0.15) is 0 Å². The van der Waals surface area contributed by atoms with Crippen molar-refractivity contribution in [1.29, 1.82) is 0 Å². The van der Waals surface area contributed by atoms with E-state index in [1.807, 2.05) is 24.3 Å². The zero-order chi connectivity index (χ0) is 26.4. The fourth-order valence-corrected chi connectivity index (χ4v) is 8.67. The van der Waals surface area contributed by atoms with Crippen molar-refractivity contribution in [3.8, 4) is 11.5 Å². The smallest absolute Gasteiger partial charge is 0.302 e. The highest BCUT2D eigenvalue weighted by atomic mass is 16.5. The van der Waals surface area contributed by atoms with Crippen LogP contribution in [-0.4, -0.2) is 32.1 Å². The summed E-state index contributed by atoms with van der Waals surface area (Å²) < 4.78 is 16.4. The second kappa shape index (κ2) is 9.96. The number of benzene rings is 1. The Hall–Kier alpha value is -2.56. The maximum atomic E-state index is 13.6. The van der Waals surface area contributed by atoms with Crippen molar-refractivity contribution in [3.05, 3.63) is 41.5 Å². The molecule has 37 heavy (non-hydrogen) atoms. The van der Waals surface area contributed by atoms with Crippen LogP contribution in [0, 0.1) is 34.5 Å². The predicted molar refractivity (Wildman–Crippen MR) is 144 cm³/mol. The summed E-state index contributed by atoms with van der Waals surface area (Å²) in [5, 5.41) is 0. The summed E-state index contributed by atoms with van der Waals surface area (Å²) in [6.07, 6.45) is 14.7. The lowest BCUT2D eigenvalue weighted by Crippen LogP contribution is -2.51. The van der Waals surface area contributed by atoms with Crippen molar-refractivity contribution in [1.82, 2.24) is 0 Å². The molecule has 0 bridgehead atoms. The maximum absolute atomic E-state index is 13.6. The topological polar surface area (TPSA) is 61.8 Å². The van der Waals surface area contributed by atoms with Crippen molar-refractivity contribution in [2.24, 2.45) is 34.5 Å². The molecule has 0 spiro atoms. The van der Waals surface area contributed by atoms with Crippen LogP contribution in [0.2, 0.25) is 0 Å². The Morgan fingerprint density at radius 1 is 1.00 bits per heavy atom. The number of hydrogen-bond acceptors (Lipinski definition) is 5. The Labute approximate surface area is 221 Å². The van der Waals surface area contributed by atoms with E-state index < -0.39 is 0 Å². The molecule has 5 nitrogen and oxygen atoms in total. The number of ether oxygens (including phenoxy) is 3. The minimum Gasteiger partial charge on any atom is -0.497 e. The van der Waals surface area contributed by atoms with Crippen LogP contribution in [0.4, 0.5) is 0 Å². The summed E-state index contributed by atoms with van der Waals surface area (Å²) >= 11 is 0. The van der Waals surface area contributed by atoms with E-state index in [9.17, 15) is 9.59 Å². The Morgan fingerprint density at radius 2 is 1.81 bits per heavy atom. The molecule has 1 aromatic rings. The van der Waals surface area contributed by atoms with Crippen LogP contribution >= 0.6 is 0 Å². The van der Waals surface area contributed by atoms with E-state index in [-0.39, 0.29) is 34.6 Å². The number of ketones is 1. The summed E-state index contributed by atoms with van der Waals surface area (Å²) in [5.74, 6) is 3.50. The van der Waals surface area contributed by atoms with E-state index in [1.54, 1.807) is 20.3 Å². The van der Waals surface area contributed by atoms with Gasteiger partial charge in [0.25, 0.3) is 0 Å². The molecule has 0 radical (unpaired) electrons. The number of hydrogen-bond donors (Lipinski definition) is 0. The zero-order valence-corrected chi connectivity index (χ0v) is 23.0. The van der Waals surface area contributed by atoms with Gasteiger partial charge in [0.2, 0.25) is 0 Å². The fraction of sp³-hybridized carbons (Fsp3) is 0.625. The average Bonchev–Trinajstić information content (AvgIpc) is 3.24. The molecule has 0 heterocycles. The summed E-state index contributed by atoms with van der Waals surface area (Å²) in [5.41, 5.74) is 2.66. The largest absolute Gasteiger partial charge is 0.497 e. The zero-order valence-electron chi connectivity index (χ0n) is 23.0. The molecule has 0 aromatic heterocycles. The van der Waals surface area contributed by atoms with Crippen molar-refractivity contribution >= 4 is 17.8 Å². The second-order valence-corrected chi connectivity index (χ2v) is 12.3. The molecule has 4 aliphatic rings. The van der Waals surface area contributed by atoms with Crippen LogP contribution < -0.4 is 9.47 Å². The van der Waals surface area contributed by atoms with E-state index in [0.717, 1.165) is 56.3 Å². The fourth-order valence-electron chi connectivity index (χ4n) is 8.67. The second-order valence-electron chi connectivity index (χ2n) is 12.3. The quantitative estimate of drug-likeness (QED) is 0.241. The minimum atomic E-state index is -0.169. The van der Waals surface area contributed by atoms with Gasteiger partial charge < -0.3 is 14.2 Å². The van der Waals surface area contributed by atoms with Gasteiger partial charge in [-0.1, -0.05) is 25.5 Å². The maximum Gasteiger partial charge on any atom is 0.302 e. The van der Waals surface area contributed by atoms with Gasteiger partial charge in [-0.25, -0.2) is 0 Å². The number of allylic oxidation sites excluding steroid dienone is 2. The van der Waals surface area contributed by atoms with Crippen molar-refractivity contribution in [2.75, 3.05) is 14.2 Å². The average molecular weight is 507 g/mol. The standard InChI is InChI=1S/C32H42O5/c1-20(33)37-24-14-16-31(2)22(18-24)8-10-25-26-11-12-28(32(26,3)17-15-27(25)31)29(34)13-7-21-6-9-23(35-4)19-30(21)36-5/h6-9,13,19,24-28H,10-12,14-18H2,1-5H3/b13-7+/t24-,25-,26-,27-,28+,31-,32-/m0/s1. The van der Waals surface area contributed by atoms with Gasteiger partial charge in [-0.15, -0.1) is 0 Å². The molecule has 0 N–H and O–H groups in total. The number of carbonyl (C=O) groups excluding carboxylic acids is 2. The molecule has 3 fully saturated rings. The summed E-state index contributed by atoms with van der Waals surface area (Å²) in [6, 6.07) is 5.68. The van der Waals surface area contributed by atoms with Gasteiger partial charge in [0.1, 0.15) is 17.6 Å². The van der Waals surface area contributed by atoms with Crippen LogP contribution in [0.25, 0.3) is 6.08 Å². The van der Waals surface area contributed by atoms with Gasteiger partial charge in [0.05, 0.1) is 14.2 Å². The highest BCUT2D eigenvalue weighted by Gasteiger charge is 2.59. The SMILES string of the molecule is COc1ccc(/C=C/C(=O)[C@H]2CC[C@H]3[C@@H]4CC=C5C[C@@H](OC(C)=O)CC[C@]5(C)[C@H]4CC[C@]23C)c(OC)c1. The van der Waals surface area contributed by atoms with Crippen LogP contribution in [-0.2, 0) is 14.3 Å². The molecular formula is C32H42O5. The number of fused-ring (bicyclic) bond motifs is 5. The first kappa shape index (κ1) is 26.1. The lowest BCUT2D eigenvalue weighted by molar-refractivity contribution is -0.149. The third kappa shape index (κ3) is 4.53. The van der Waals surface area contributed by atoms with Gasteiger partial charge in [0.15, 0.2) is 5.78 Å². The monoisotopic (exact) mass is 506 g/mol. The summed E-state index contributed by atoms with van der Waals surface area (Å²) in [4.78, 5) is 25.1. The first-order valence-electron chi connectivity index (χ1n) is 14.0. The van der Waals surface area contributed by atoms with Crippen LogP contribution in [0.1, 0.15) is 77.7 Å². The third-order valence-corrected chi connectivity index (χ3v) is 10.6. The molecule has 5 rings (SSSR count). The van der Waals surface area contributed by atoms with Crippen LogP contribution in [0.5, 0.6) is 11.5 Å². The van der Waals surface area contributed by atoms with Crippen molar-refractivity contribution in [3.63, 3.8) is 0 Å². The van der Waals surface area contributed by atoms with Gasteiger partial charge in [0, 0.05) is 30.9 Å². The molecule has 4 aliphatic carbocycles. The Balaban J connectivity index is 1.32. The van der Waals surface area contributed by atoms with Gasteiger partial charge in [-0.3, -0.25) is 9.59 Å². The molecule has 0 unspecified atom stereocenters. The number of rotatable bonds is 6. The first-order valence-corrected chi connectivity index (χ1v) is 14.0. The van der Waals surface area contributed by atoms with E-state index in [4.69, 9.17) is 14.2 Å². The summed E-state index contributed by atoms with van der Waals surface area (Å²) in [6.45, 7) is 6.37. The molecule has 5 heteroatoms. The van der Waals surface area contributed by atoms with Crippen LogP contribution in [0.3, 0.4) is 0 Å². The number of methoxy groups -OCH3 is 2. The van der Waals surface area contributed by atoms with Crippen molar-refractivity contribution in [2.45, 2.75) is 78.2 Å². The Bertz CT molecular complexity index is 1120. The normalized spacial score (nSPS) is 36.7. The Morgan fingerprint density at radius 3 is 2.54 bits per heavy atom. The van der Waals surface area contributed by atoms with E-state index >= 15 is 0 Å². The molecule has 200 valence electrons. The third-order valence-electron chi connectivity index (χ3n) is 10.6. The van der Waals surface area contributed by atoms with Crippen molar-refractivity contribution < 1.29 is 23.8 Å². The van der Waals surface area contributed by atoms with Crippen LogP contribution in [0.15, 0.2) is 35.9 Å². The first-order chi connectivity index (χ1) is 17.7. The molecule has 1 aromatic carbocycles. The van der Waals surface area contributed by atoms with E-state index in [1.165, 1.54) is 18.9 Å². The van der Waals surface area contributed by atoms with E-state index in [0.29, 0.717) is 23.5 Å². The van der Waals surface area contributed by atoms with Gasteiger partial charge >= 0.3 is 5.97 Å². The predicted octanol–water partition coefficient (Wildman–Crippen LogP) is 6.80. The lowest BCUT2D eigenvalue weighted by atomic mass is 9.47. The lowest BCUT2D eigenvalue weighted by Gasteiger charge is -2.58. The molecule has 0 saturated heterocycles. The number of carbonyl (C=O) groups is 2. The Kier molecular flexibility index (Phi) is 7.02. The highest BCUT2D eigenvalue weighted by Crippen LogP contribution is 2.66. The minimum absolute atomic E-state index is 0.0341. The molecule has 0 amide bonds. The summed E-state index contributed by atoms with van der Waals surface area (Å²) in [7, 11) is 3.28. The molecule has 0 aliphatic heterocycles. The number of esters is 1. The molecular weight excluding hydrogens is 464 g/mol. The highest BCUT2D eigenvalue weighted by molar-refractivity contribution is 5.96. The molecule has 3 saturated carbocycles. The van der Waals surface area contributed by atoms with Gasteiger partial charge in [-0.05, 0) is 97.8 Å².